The van der Waals surface area contributed by atoms with E-state index in [0.29, 0.717) is 11.6 Å². The molecule has 28 heavy (non-hydrogen) atoms. The standard InChI is InChI=1S/C23H21ClN2O2/c1-27-17-8-6-9-18(16-17)28-15-7-14-26-22-13-5-4-12-21(22)25-23(26)19-10-2-3-11-20(19)24/h2-6,8-13,16H,7,14-15H2,1H3. The molecular weight excluding hydrogens is 372 g/mol. The molecule has 1 heterocycles. The molecule has 0 saturated heterocycles. The first-order valence-electron chi connectivity index (χ1n) is 9.23. The fourth-order valence-corrected chi connectivity index (χ4v) is 3.47. The number of rotatable bonds is 7. The van der Waals surface area contributed by atoms with Crippen molar-refractivity contribution in [3.63, 3.8) is 0 Å². The number of hydrogen-bond donors (Lipinski definition) is 0. The fraction of sp³-hybridized carbons (Fsp3) is 0.174. The molecule has 0 spiro atoms. The predicted molar refractivity (Wildman–Crippen MR) is 113 cm³/mol. The van der Waals surface area contributed by atoms with E-state index >= 15 is 0 Å². The molecule has 5 heteroatoms. The van der Waals surface area contributed by atoms with Crippen LogP contribution in [-0.4, -0.2) is 23.3 Å². The Labute approximate surface area is 169 Å². The lowest BCUT2D eigenvalue weighted by atomic mass is 10.2. The third-order valence-electron chi connectivity index (χ3n) is 4.61. The van der Waals surface area contributed by atoms with Crippen LogP contribution in [0.3, 0.4) is 0 Å². The Morgan fingerprint density at radius 1 is 0.929 bits per heavy atom. The van der Waals surface area contributed by atoms with Gasteiger partial charge in [-0.3, -0.25) is 0 Å². The van der Waals surface area contributed by atoms with E-state index in [4.69, 9.17) is 26.1 Å². The normalized spacial score (nSPS) is 10.9. The molecule has 4 nitrogen and oxygen atoms in total. The highest BCUT2D eigenvalue weighted by Gasteiger charge is 2.14. The van der Waals surface area contributed by atoms with Crippen LogP contribution >= 0.6 is 11.6 Å². The average Bonchev–Trinajstić information content (AvgIpc) is 3.10. The molecule has 0 aliphatic rings. The van der Waals surface area contributed by atoms with E-state index in [-0.39, 0.29) is 0 Å². The highest BCUT2D eigenvalue weighted by molar-refractivity contribution is 6.33. The second-order valence-corrected chi connectivity index (χ2v) is 6.84. The summed E-state index contributed by atoms with van der Waals surface area (Å²) in [6.07, 6.45) is 0.842. The summed E-state index contributed by atoms with van der Waals surface area (Å²) < 4.78 is 13.3. The molecule has 3 aromatic carbocycles. The molecule has 0 saturated carbocycles. The molecule has 0 radical (unpaired) electrons. The molecule has 0 N–H and O–H groups in total. The summed E-state index contributed by atoms with van der Waals surface area (Å²) in [6, 6.07) is 23.6. The summed E-state index contributed by atoms with van der Waals surface area (Å²) in [7, 11) is 1.65. The Morgan fingerprint density at radius 2 is 1.71 bits per heavy atom. The van der Waals surface area contributed by atoms with Crippen LogP contribution in [-0.2, 0) is 6.54 Å². The molecule has 1 aromatic heterocycles. The number of hydrogen-bond acceptors (Lipinski definition) is 3. The average molecular weight is 393 g/mol. The first-order chi connectivity index (χ1) is 13.8. The molecule has 0 unspecified atom stereocenters. The largest absolute Gasteiger partial charge is 0.497 e. The molecule has 0 amide bonds. The summed E-state index contributed by atoms with van der Waals surface area (Å²) in [5, 5.41) is 0.701. The zero-order chi connectivity index (χ0) is 19.3. The summed E-state index contributed by atoms with van der Waals surface area (Å²) in [6.45, 7) is 1.38. The van der Waals surface area contributed by atoms with E-state index < -0.39 is 0 Å². The van der Waals surface area contributed by atoms with E-state index in [9.17, 15) is 0 Å². The third kappa shape index (κ3) is 3.82. The van der Waals surface area contributed by atoms with Gasteiger partial charge in [-0.25, -0.2) is 4.98 Å². The van der Waals surface area contributed by atoms with Crippen molar-refractivity contribution >= 4 is 22.6 Å². The molecule has 0 aliphatic heterocycles. The SMILES string of the molecule is COc1cccc(OCCCn2c(-c3ccccc3Cl)nc3ccccc32)c1. The molecule has 0 bridgehead atoms. The molecule has 0 atom stereocenters. The van der Waals surface area contributed by atoms with E-state index in [0.717, 1.165) is 46.9 Å². The van der Waals surface area contributed by atoms with Gasteiger partial charge in [0.05, 0.1) is 29.8 Å². The number of aromatic nitrogens is 2. The number of methoxy groups -OCH3 is 1. The van der Waals surface area contributed by atoms with Crippen LogP contribution in [0.5, 0.6) is 11.5 Å². The van der Waals surface area contributed by atoms with Crippen molar-refractivity contribution in [1.29, 1.82) is 0 Å². The second-order valence-electron chi connectivity index (χ2n) is 6.44. The van der Waals surface area contributed by atoms with Gasteiger partial charge in [0.25, 0.3) is 0 Å². The zero-order valence-electron chi connectivity index (χ0n) is 15.6. The van der Waals surface area contributed by atoms with Crippen molar-refractivity contribution in [1.82, 2.24) is 9.55 Å². The van der Waals surface area contributed by atoms with Crippen LogP contribution in [0.1, 0.15) is 6.42 Å². The first-order valence-corrected chi connectivity index (χ1v) is 9.61. The van der Waals surface area contributed by atoms with Gasteiger partial charge in [-0.15, -0.1) is 0 Å². The quantitative estimate of drug-likeness (QED) is 0.371. The number of aryl methyl sites for hydroxylation is 1. The van der Waals surface area contributed by atoms with Gasteiger partial charge < -0.3 is 14.0 Å². The highest BCUT2D eigenvalue weighted by Crippen LogP contribution is 2.30. The van der Waals surface area contributed by atoms with Gasteiger partial charge in [0.2, 0.25) is 0 Å². The van der Waals surface area contributed by atoms with Crippen LogP contribution in [0.2, 0.25) is 5.02 Å². The second kappa shape index (κ2) is 8.36. The maximum absolute atomic E-state index is 6.44. The molecule has 0 fully saturated rings. The Morgan fingerprint density at radius 3 is 2.57 bits per heavy atom. The smallest absolute Gasteiger partial charge is 0.142 e. The van der Waals surface area contributed by atoms with Crippen LogP contribution in [0, 0.1) is 0 Å². The van der Waals surface area contributed by atoms with E-state index in [1.807, 2.05) is 66.7 Å². The van der Waals surface area contributed by atoms with Gasteiger partial charge >= 0.3 is 0 Å². The van der Waals surface area contributed by atoms with E-state index in [1.165, 1.54) is 0 Å². The highest BCUT2D eigenvalue weighted by atomic mass is 35.5. The summed E-state index contributed by atoms with van der Waals surface area (Å²) in [4.78, 5) is 4.82. The van der Waals surface area contributed by atoms with Crippen molar-refractivity contribution in [3.8, 4) is 22.9 Å². The topological polar surface area (TPSA) is 36.3 Å². The number of fused-ring (bicyclic) bond motifs is 1. The van der Waals surface area contributed by atoms with Crippen molar-refractivity contribution in [2.24, 2.45) is 0 Å². The number of benzene rings is 3. The van der Waals surface area contributed by atoms with Crippen LogP contribution < -0.4 is 9.47 Å². The van der Waals surface area contributed by atoms with Gasteiger partial charge in [0, 0.05) is 18.2 Å². The lowest BCUT2D eigenvalue weighted by Gasteiger charge is -2.12. The van der Waals surface area contributed by atoms with E-state index in [2.05, 4.69) is 10.6 Å². The van der Waals surface area contributed by atoms with Crippen LogP contribution in [0.15, 0.2) is 72.8 Å². The van der Waals surface area contributed by atoms with Gasteiger partial charge in [0.1, 0.15) is 17.3 Å². The maximum atomic E-state index is 6.44. The minimum atomic E-state index is 0.599. The Balaban J connectivity index is 1.54. The summed E-state index contributed by atoms with van der Waals surface area (Å²) in [5.41, 5.74) is 3.00. The van der Waals surface area contributed by atoms with Crippen molar-refractivity contribution in [2.45, 2.75) is 13.0 Å². The Kier molecular flexibility index (Phi) is 5.49. The molecular formula is C23H21ClN2O2. The summed E-state index contributed by atoms with van der Waals surface area (Å²) >= 11 is 6.44. The number of halogens is 1. The number of ether oxygens (including phenoxy) is 2. The van der Waals surface area contributed by atoms with Gasteiger partial charge in [-0.2, -0.15) is 0 Å². The van der Waals surface area contributed by atoms with Gasteiger partial charge in [-0.1, -0.05) is 41.9 Å². The van der Waals surface area contributed by atoms with E-state index in [1.54, 1.807) is 7.11 Å². The minimum absolute atomic E-state index is 0.599. The van der Waals surface area contributed by atoms with Crippen molar-refractivity contribution in [3.05, 3.63) is 77.8 Å². The molecule has 0 aliphatic carbocycles. The minimum Gasteiger partial charge on any atom is -0.497 e. The van der Waals surface area contributed by atoms with Crippen LogP contribution in [0.25, 0.3) is 22.4 Å². The molecule has 4 aromatic rings. The third-order valence-corrected chi connectivity index (χ3v) is 4.93. The Hall–Kier alpha value is -2.98. The fourth-order valence-electron chi connectivity index (χ4n) is 3.25. The predicted octanol–water partition coefficient (Wildman–Crippen LogP) is 5.83. The maximum Gasteiger partial charge on any atom is 0.142 e. The first kappa shape index (κ1) is 18.4. The summed E-state index contributed by atoms with van der Waals surface area (Å²) in [5.74, 6) is 2.48. The lowest BCUT2D eigenvalue weighted by Crippen LogP contribution is -2.06. The number of imidazole rings is 1. The molecule has 142 valence electrons. The van der Waals surface area contributed by atoms with Gasteiger partial charge in [-0.05, 0) is 42.8 Å². The van der Waals surface area contributed by atoms with Crippen LogP contribution in [0.4, 0.5) is 0 Å². The Bertz CT molecular complexity index is 1090. The number of nitrogens with zero attached hydrogens (tertiary/aromatic N) is 2. The molecule has 4 rings (SSSR count). The van der Waals surface area contributed by atoms with Crippen molar-refractivity contribution < 1.29 is 9.47 Å². The van der Waals surface area contributed by atoms with Gasteiger partial charge in [0.15, 0.2) is 0 Å². The zero-order valence-corrected chi connectivity index (χ0v) is 16.4. The number of para-hydroxylation sites is 2. The monoisotopic (exact) mass is 392 g/mol. The lowest BCUT2D eigenvalue weighted by molar-refractivity contribution is 0.300. The van der Waals surface area contributed by atoms with Crippen molar-refractivity contribution in [2.75, 3.05) is 13.7 Å².